The van der Waals surface area contributed by atoms with Crippen molar-refractivity contribution in [3.05, 3.63) is 26.9 Å². The van der Waals surface area contributed by atoms with Crippen LogP contribution in [0.4, 0.5) is 0 Å². The number of aromatic amines is 1. The third kappa shape index (κ3) is 2.79. The highest BCUT2D eigenvalue weighted by Crippen LogP contribution is 1.98. The van der Waals surface area contributed by atoms with E-state index in [1.807, 2.05) is 0 Å². The van der Waals surface area contributed by atoms with Crippen molar-refractivity contribution >= 4 is 18.2 Å². The zero-order chi connectivity index (χ0) is 12.1. The van der Waals surface area contributed by atoms with Gasteiger partial charge in [0.05, 0.1) is 0 Å². The minimum absolute atomic E-state index is 0.270. The van der Waals surface area contributed by atoms with Crippen LogP contribution in [0.1, 0.15) is 36.5 Å². The number of rotatable bonds is 5. The van der Waals surface area contributed by atoms with E-state index in [1.54, 1.807) is 0 Å². The lowest BCUT2D eigenvalue weighted by molar-refractivity contribution is 0.0693. The molecule has 0 atom stereocenters. The summed E-state index contributed by atoms with van der Waals surface area (Å²) in [5, 5.41) is 8.79. The lowest BCUT2D eigenvalue weighted by Crippen LogP contribution is -2.27. The summed E-state index contributed by atoms with van der Waals surface area (Å²) in [6.07, 6.45) is 3.97. The summed E-state index contributed by atoms with van der Waals surface area (Å²) in [5.74, 6) is -1.24. The Morgan fingerprint density at radius 1 is 1.56 bits per heavy atom. The average Bonchev–Trinajstić information content (AvgIpc) is 2.22. The molecule has 0 aliphatic heterocycles. The molecule has 0 saturated carbocycles. The lowest BCUT2D eigenvalue weighted by atomic mass is 10.2. The molecule has 0 unspecified atom stereocenters. The van der Waals surface area contributed by atoms with Crippen molar-refractivity contribution < 1.29 is 9.90 Å². The number of hydrogen-bond donors (Lipinski definition) is 2. The van der Waals surface area contributed by atoms with Gasteiger partial charge in [-0.1, -0.05) is 19.8 Å². The first-order chi connectivity index (χ1) is 7.57. The van der Waals surface area contributed by atoms with Gasteiger partial charge in [0.1, 0.15) is 5.56 Å². The number of unbranched alkanes of at least 4 members (excludes halogenated alkanes) is 2. The predicted molar refractivity (Wildman–Crippen MR) is 62.4 cm³/mol. The third-order valence-electron chi connectivity index (χ3n) is 2.28. The smallest absolute Gasteiger partial charge is 0.342 e. The number of hydrogen-bond acceptors (Lipinski definition) is 3. The summed E-state index contributed by atoms with van der Waals surface area (Å²) in [6, 6.07) is 0. The minimum Gasteiger partial charge on any atom is -0.477 e. The van der Waals surface area contributed by atoms with Gasteiger partial charge in [0, 0.05) is 12.7 Å². The van der Waals surface area contributed by atoms with Gasteiger partial charge in [-0.2, -0.15) is 0 Å². The fraction of sp³-hybridized carbons (Fsp3) is 0.500. The van der Waals surface area contributed by atoms with Crippen LogP contribution in [0.5, 0.6) is 0 Å². The number of carboxylic acids is 1. The first-order valence-corrected chi connectivity index (χ1v) is 5.54. The molecule has 0 fully saturated rings. The molecule has 0 spiro atoms. The van der Waals surface area contributed by atoms with E-state index < -0.39 is 11.5 Å². The maximum absolute atomic E-state index is 11.7. The number of carboxylic acid groups (broad SMARTS) is 1. The Labute approximate surface area is 97.7 Å². The van der Waals surface area contributed by atoms with E-state index in [0.29, 0.717) is 6.54 Å². The third-order valence-corrected chi connectivity index (χ3v) is 2.61. The molecule has 1 aromatic heterocycles. The quantitative estimate of drug-likeness (QED) is 0.609. The Bertz CT molecular complexity index is 490. The summed E-state index contributed by atoms with van der Waals surface area (Å²) in [4.78, 5) is 25.1. The molecule has 88 valence electrons. The van der Waals surface area contributed by atoms with Crippen molar-refractivity contribution in [1.29, 1.82) is 0 Å². The van der Waals surface area contributed by atoms with Gasteiger partial charge in [-0.25, -0.2) is 4.79 Å². The number of nitrogens with one attached hydrogen (secondary N) is 1. The molecule has 0 aromatic carbocycles. The summed E-state index contributed by atoms with van der Waals surface area (Å²) in [7, 11) is 0. The summed E-state index contributed by atoms with van der Waals surface area (Å²) in [6.45, 7) is 2.51. The summed E-state index contributed by atoms with van der Waals surface area (Å²) < 4.78 is 1.57. The SMILES string of the molecule is CCCCCn1c(=S)[nH]cc(C(=O)O)c1=O. The maximum atomic E-state index is 11.7. The van der Waals surface area contributed by atoms with Crippen molar-refractivity contribution in [3.8, 4) is 0 Å². The monoisotopic (exact) mass is 242 g/mol. The van der Waals surface area contributed by atoms with Crippen LogP contribution in [0.15, 0.2) is 11.0 Å². The molecule has 0 amide bonds. The average molecular weight is 242 g/mol. The van der Waals surface area contributed by atoms with Crippen molar-refractivity contribution in [2.75, 3.05) is 0 Å². The van der Waals surface area contributed by atoms with Gasteiger partial charge in [0.15, 0.2) is 4.77 Å². The van der Waals surface area contributed by atoms with E-state index in [9.17, 15) is 9.59 Å². The van der Waals surface area contributed by atoms with Crippen molar-refractivity contribution in [2.24, 2.45) is 0 Å². The largest absolute Gasteiger partial charge is 0.477 e. The number of aromatic carboxylic acids is 1. The van der Waals surface area contributed by atoms with Gasteiger partial charge < -0.3 is 10.1 Å². The number of nitrogens with zero attached hydrogens (tertiary/aromatic N) is 1. The molecule has 5 nitrogen and oxygen atoms in total. The number of carbonyl (C=O) groups is 1. The van der Waals surface area contributed by atoms with Crippen LogP contribution in [0.2, 0.25) is 0 Å². The van der Waals surface area contributed by atoms with Crippen LogP contribution in [0, 0.1) is 4.77 Å². The minimum atomic E-state index is -1.24. The van der Waals surface area contributed by atoms with Crippen LogP contribution in [0.25, 0.3) is 0 Å². The summed E-state index contributed by atoms with van der Waals surface area (Å²) >= 11 is 4.95. The Balaban J connectivity index is 3.07. The molecule has 1 aromatic rings. The topological polar surface area (TPSA) is 75.1 Å². The predicted octanol–water partition coefficient (Wildman–Crippen LogP) is 1.79. The van der Waals surface area contributed by atoms with Crippen LogP contribution < -0.4 is 5.56 Å². The normalized spacial score (nSPS) is 10.3. The van der Waals surface area contributed by atoms with Gasteiger partial charge in [-0.05, 0) is 18.6 Å². The van der Waals surface area contributed by atoms with Crippen LogP contribution >= 0.6 is 12.2 Å². The zero-order valence-electron chi connectivity index (χ0n) is 9.02. The highest BCUT2D eigenvalue weighted by Gasteiger charge is 2.11. The number of H-pyrrole nitrogens is 1. The van der Waals surface area contributed by atoms with Crippen molar-refractivity contribution in [3.63, 3.8) is 0 Å². The fourth-order valence-corrected chi connectivity index (χ4v) is 1.62. The second-order valence-electron chi connectivity index (χ2n) is 3.48. The van der Waals surface area contributed by atoms with E-state index in [0.717, 1.165) is 25.5 Å². The molecule has 6 heteroatoms. The highest BCUT2D eigenvalue weighted by atomic mass is 32.1. The Morgan fingerprint density at radius 3 is 2.81 bits per heavy atom. The van der Waals surface area contributed by atoms with Gasteiger partial charge in [-0.3, -0.25) is 9.36 Å². The molecule has 16 heavy (non-hydrogen) atoms. The molecular formula is C10H14N2O3S. The summed E-state index contributed by atoms with van der Waals surface area (Å²) in [5.41, 5.74) is -0.808. The molecule has 0 aliphatic carbocycles. The molecule has 0 bridgehead atoms. The molecule has 0 saturated heterocycles. The molecular weight excluding hydrogens is 228 g/mol. The van der Waals surface area contributed by atoms with Crippen molar-refractivity contribution in [1.82, 2.24) is 9.55 Å². The Kier molecular flexibility index (Phi) is 4.42. The van der Waals surface area contributed by atoms with E-state index in [-0.39, 0.29) is 10.3 Å². The highest BCUT2D eigenvalue weighted by molar-refractivity contribution is 7.71. The first kappa shape index (κ1) is 12.6. The zero-order valence-corrected chi connectivity index (χ0v) is 9.84. The molecule has 1 rings (SSSR count). The van der Waals surface area contributed by atoms with E-state index in [2.05, 4.69) is 11.9 Å². The van der Waals surface area contributed by atoms with E-state index in [1.165, 1.54) is 4.57 Å². The van der Waals surface area contributed by atoms with Crippen LogP contribution in [0.3, 0.4) is 0 Å². The van der Waals surface area contributed by atoms with E-state index >= 15 is 0 Å². The second-order valence-corrected chi connectivity index (χ2v) is 3.86. The van der Waals surface area contributed by atoms with Gasteiger partial charge in [0.25, 0.3) is 5.56 Å². The van der Waals surface area contributed by atoms with Gasteiger partial charge in [0.2, 0.25) is 0 Å². The van der Waals surface area contributed by atoms with Crippen LogP contribution in [-0.4, -0.2) is 20.6 Å². The van der Waals surface area contributed by atoms with Gasteiger partial charge >= 0.3 is 5.97 Å². The lowest BCUT2D eigenvalue weighted by Gasteiger charge is -2.05. The second kappa shape index (κ2) is 5.60. The Hall–Kier alpha value is -1.43. The molecule has 0 aliphatic rings. The van der Waals surface area contributed by atoms with Gasteiger partial charge in [-0.15, -0.1) is 0 Å². The standard InChI is InChI=1S/C10H14N2O3S/c1-2-3-4-5-12-8(13)7(9(14)15)6-11-10(12)16/h6H,2-5H2,1H3,(H,11,16)(H,14,15). The Morgan fingerprint density at radius 2 is 2.25 bits per heavy atom. The fourth-order valence-electron chi connectivity index (χ4n) is 1.39. The first-order valence-electron chi connectivity index (χ1n) is 5.13. The maximum Gasteiger partial charge on any atom is 0.342 e. The van der Waals surface area contributed by atoms with Crippen LogP contribution in [-0.2, 0) is 6.54 Å². The molecule has 1 heterocycles. The van der Waals surface area contributed by atoms with Crippen molar-refractivity contribution in [2.45, 2.75) is 32.7 Å². The molecule has 2 N–H and O–H groups in total. The molecule has 0 radical (unpaired) electrons. The number of aromatic nitrogens is 2. The van der Waals surface area contributed by atoms with E-state index in [4.69, 9.17) is 17.3 Å².